The number of benzene rings is 2. The number of alkyl carbamates (subject to hydrolysis) is 1. The van der Waals surface area contributed by atoms with E-state index < -0.39 is 41.6 Å². The normalized spacial score (nSPS) is 12.6. The lowest BCUT2D eigenvalue weighted by Crippen LogP contribution is -2.54. The minimum absolute atomic E-state index is 0.0101. The number of nitrogens with one attached hydrogen (secondary N) is 2. The number of phenols is 1. The molecule has 0 spiro atoms. The van der Waals surface area contributed by atoms with Crippen molar-refractivity contribution in [1.29, 1.82) is 0 Å². The van der Waals surface area contributed by atoms with Gasteiger partial charge in [-0.1, -0.05) is 36.4 Å². The lowest BCUT2D eigenvalue weighted by Gasteiger charge is -2.34. The quantitative estimate of drug-likeness (QED) is 0.339. The number of hydrogen-bond donors (Lipinski definition) is 3. The summed E-state index contributed by atoms with van der Waals surface area (Å²) in [6.45, 7) is 10.9. The third-order valence-electron chi connectivity index (χ3n) is 5.97. The van der Waals surface area contributed by atoms with Crippen LogP contribution in [0.2, 0.25) is 0 Å². The smallest absolute Gasteiger partial charge is 0.408 e. The minimum Gasteiger partial charge on any atom is -0.508 e. The number of nitrogens with zero attached hydrogens (tertiary/aromatic N) is 1. The molecule has 0 fully saturated rings. The Hall–Kier alpha value is -4.08. The number of carbonyl (C=O) groups is 4. The molecule has 0 radical (unpaired) electrons. The van der Waals surface area contributed by atoms with E-state index in [0.717, 1.165) is 5.56 Å². The number of phenolic OH excluding ortho intramolecular Hbond substituents is 1. The van der Waals surface area contributed by atoms with Crippen molar-refractivity contribution in [3.8, 4) is 5.75 Å². The third-order valence-corrected chi connectivity index (χ3v) is 5.97. The van der Waals surface area contributed by atoms with E-state index in [1.165, 1.54) is 17.0 Å². The van der Waals surface area contributed by atoms with Crippen LogP contribution in [0, 0.1) is 6.92 Å². The number of rotatable bonds is 12. The summed E-state index contributed by atoms with van der Waals surface area (Å²) in [6, 6.07) is 11.5. The summed E-state index contributed by atoms with van der Waals surface area (Å²) >= 11 is 0. The molecule has 0 aromatic heterocycles. The predicted octanol–water partition coefficient (Wildman–Crippen LogP) is 3.80. The van der Waals surface area contributed by atoms with E-state index in [9.17, 15) is 24.3 Å². The van der Waals surface area contributed by atoms with Gasteiger partial charge in [0.2, 0.25) is 11.8 Å². The number of aromatic hydroxyl groups is 1. The fourth-order valence-corrected chi connectivity index (χ4v) is 4.15. The summed E-state index contributed by atoms with van der Waals surface area (Å²) in [6.07, 6.45) is -0.684. The molecule has 2 atom stereocenters. The molecule has 0 aliphatic heterocycles. The van der Waals surface area contributed by atoms with E-state index in [1.807, 2.05) is 19.1 Å². The lowest BCUT2D eigenvalue weighted by atomic mass is 9.97. The topological polar surface area (TPSA) is 134 Å². The second-order valence-electron chi connectivity index (χ2n) is 10.3. The second-order valence-corrected chi connectivity index (χ2v) is 10.3. The molecule has 0 saturated heterocycles. The number of amides is 3. The van der Waals surface area contributed by atoms with E-state index in [2.05, 4.69) is 10.6 Å². The molecule has 0 aliphatic carbocycles. The van der Waals surface area contributed by atoms with Crippen LogP contribution < -0.4 is 10.6 Å². The molecule has 2 aromatic rings. The molecule has 2 unspecified atom stereocenters. The summed E-state index contributed by atoms with van der Waals surface area (Å²) in [5, 5.41) is 15.1. The fourth-order valence-electron chi connectivity index (χ4n) is 4.15. The fraction of sp³-hybridized carbons (Fsp3) is 0.467. The Bertz CT molecular complexity index is 1160. The number of hydrogen-bond acceptors (Lipinski definition) is 7. The van der Waals surface area contributed by atoms with Gasteiger partial charge in [-0.2, -0.15) is 0 Å². The average molecular weight is 556 g/mol. The Labute approximate surface area is 236 Å². The van der Waals surface area contributed by atoms with Crippen LogP contribution in [0.15, 0.2) is 48.5 Å². The first-order chi connectivity index (χ1) is 18.9. The van der Waals surface area contributed by atoms with E-state index in [-0.39, 0.29) is 38.3 Å². The molecular formula is C30H41N3O7. The molecule has 2 aromatic carbocycles. The molecule has 0 aliphatic rings. The molecule has 0 saturated carbocycles. The van der Waals surface area contributed by atoms with Crippen molar-refractivity contribution < 1.29 is 33.8 Å². The highest BCUT2D eigenvalue weighted by atomic mass is 16.6. The highest BCUT2D eigenvalue weighted by molar-refractivity contribution is 5.92. The van der Waals surface area contributed by atoms with Gasteiger partial charge in [-0.3, -0.25) is 14.4 Å². The maximum atomic E-state index is 14.1. The number of aryl methyl sites for hydroxylation is 1. The Balaban J connectivity index is 2.43. The van der Waals surface area contributed by atoms with Crippen LogP contribution >= 0.6 is 0 Å². The highest BCUT2D eigenvalue weighted by Crippen LogP contribution is 2.26. The van der Waals surface area contributed by atoms with Crippen molar-refractivity contribution in [3.05, 3.63) is 65.2 Å². The number of carbonyl (C=O) groups excluding carboxylic acids is 4. The predicted molar refractivity (Wildman–Crippen MR) is 151 cm³/mol. The van der Waals surface area contributed by atoms with Crippen molar-refractivity contribution in [2.24, 2.45) is 0 Å². The molecule has 3 amide bonds. The molecule has 3 N–H and O–H groups in total. The second kappa shape index (κ2) is 14.9. The molecule has 0 heterocycles. The summed E-state index contributed by atoms with van der Waals surface area (Å²) in [5.74, 6) is -1.32. The van der Waals surface area contributed by atoms with Crippen molar-refractivity contribution >= 4 is 23.9 Å². The van der Waals surface area contributed by atoms with Crippen LogP contribution in [0.25, 0.3) is 0 Å². The van der Waals surface area contributed by atoms with E-state index in [4.69, 9.17) is 9.47 Å². The summed E-state index contributed by atoms with van der Waals surface area (Å²) < 4.78 is 10.4. The molecule has 40 heavy (non-hydrogen) atoms. The summed E-state index contributed by atoms with van der Waals surface area (Å²) in [7, 11) is 0. The van der Waals surface area contributed by atoms with Crippen LogP contribution in [0.5, 0.6) is 5.75 Å². The van der Waals surface area contributed by atoms with E-state index in [1.54, 1.807) is 58.9 Å². The Morgan fingerprint density at radius 3 is 2.23 bits per heavy atom. The molecule has 10 heteroatoms. The Morgan fingerprint density at radius 1 is 1.00 bits per heavy atom. The van der Waals surface area contributed by atoms with Gasteiger partial charge in [-0.05, 0) is 70.4 Å². The summed E-state index contributed by atoms with van der Waals surface area (Å²) in [4.78, 5) is 53.6. The first-order valence-electron chi connectivity index (χ1n) is 13.4. The highest BCUT2D eigenvalue weighted by Gasteiger charge is 2.36. The SMILES string of the molecule is CCOC(=O)CCNC(=O)C(c1ccccc1C)N(CC)C(=O)C(Cc1ccc(O)cc1)NC(=O)OC(C)(C)C. The van der Waals surface area contributed by atoms with Gasteiger partial charge < -0.3 is 30.1 Å². The van der Waals surface area contributed by atoms with Crippen molar-refractivity contribution in [2.75, 3.05) is 19.7 Å². The molecule has 10 nitrogen and oxygen atoms in total. The largest absolute Gasteiger partial charge is 0.508 e. The van der Waals surface area contributed by atoms with Gasteiger partial charge in [0.15, 0.2) is 0 Å². The van der Waals surface area contributed by atoms with Gasteiger partial charge in [0.1, 0.15) is 23.4 Å². The summed E-state index contributed by atoms with van der Waals surface area (Å²) in [5.41, 5.74) is 1.32. The monoisotopic (exact) mass is 555 g/mol. The van der Waals surface area contributed by atoms with Crippen LogP contribution in [0.3, 0.4) is 0 Å². The van der Waals surface area contributed by atoms with Gasteiger partial charge in [0.25, 0.3) is 0 Å². The first-order valence-corrected chi connectivity index (χ1v) is 13.4. The molecule has 0 bridgehead atoms. The van der Waals surface area contributed by atoms with Gasteiger partial charge in [-0.25, -0.2) is 4.79 Å². The van der Waals surface area contributed by atoms with E-state index in [0.29, 0.717) is 11.1 Å². The number of esters is 1. The average Bonchev–Trinajstić information content (AvgIpc) is 2.87. The maximum Gasteiger partial charge on any atom is 0.408 e. The van der Waals surface area contributed by atoms with Crippen LogP contribution in [0.4, 0.5) is 4.79 Å². The van der Waals surface area contributed by atoms with Crippen molar-refractivity contribution in [1.82, 2.24) is 15.5 Å². The van der Waals surface area contributed by atoms with Crippen LogP contribution in [0.1, 0.15) is 63.8 Å². The van der Waals surface area contributed by atoms with Gasteiger partial charge in [0.05, 0.1) is 13.0 Å². The maximum absolute atomic E-state index is 14.1. The standard InChI is InChI=1S/C30H41N3O7/c1-7-33(26(23-12-10-9-11-20(23)3)27(36)31-18-17-25(35)39-8-2)28(37)24(32-29(38)40-30(4,5)6)19-21-13-15-22(34)16-14-21/h9-16,24,26,34H,7-8,17-19H2,1-6H3,(H,31,36)(H,32,38). The Morgan fingerprint density at radius 2 is 1.65 bits per heavy atom. The first kappa shape index (κ1) is 32.1. The Kier molecular flexibility index (Phi) is 12.0. The minimum atomic E-state index is -1.07. The van der Waals surface area contributed by atoms with Crippen LogP contribution in [-0.4, -0.2) is 65.2 Å². The molecule has 2 rings (SSSR count). The molecule has 218 valence electrons. The van der Waals surface area contributed by atoms with Gasteiger partial charge in [0, 0.05) is 19.5 Å². The van der Waals surface area contributed by atoms with Crippen molar-refractivity contribution in [3.63, 3.8) is 0 Å². The van der Waals surface area contributed by atoms with Gasteiger partial charge in [-0.15, -0.1) is 0 Å². The number of ether oxygens (including phenoxy) is 2. The third kappa shape index (κ3) is 9.91. The van der Waals surface area contributed by atoms with Crippen molar-refractivity contribution in [2.45, 2.75) is 72.1 Å². The zero-order valence-electron chi connectivity index (χ0n) is 24.2. The van der Waals surface area contributed by atoms with E-state index >= 15 is 0 Å². The van der Waals surface area contributed by atoms with Gasteiger partial charge >= 0.3 is 12.1 Å². The zero-order valence-corrected chi connectivity index (χ0v) is 24.2. The zero-order chi connectivity index (χ0) is 29.9. The lowest BCUT2D eigenvalue weighted by molar-refractivity contribution is -0.144. The van der Waals surface area contributed by atoms with Crippen LogP contribution in [-0.2, 0) is 30.3 Å². The number of likely N-dealkylation sites (N-methyl/N-ethyl adjacent to an activating group) is 1. The molecular weight excluding hydrogens is 514 g/mol.